The van der Waals surface area contributed by atoms with Crippen LogP contribution < -0.4 is 10.1 Å². The quantitative estimate of drug-likeness (QED) is 0.640. The maximum absolute atomic E-state index is 13.6. The van der Waals surface area contributed by atoms with Crippen LogP contribution in [0, 0.1) is 0 Å². The number of carbonyl (C=O) groups excluding carboxylic acids is 2. The van der Waals surface area contributed by atoms with Crippen LogP contribution in [0.15, 0.2) is 71.3 Å². The first-order chi connectivity index (χ1) is 16.5. The number of esters is 1. The van der Waals surface area contributed by atoms with Gasteiger partial charge in [0.05, 0.1) is 12.7 Å². The Bertz CT molecular complexity index is 1140. The van der Waals surface area contributed by atoms with Gasteiger partial charge in [-0.25, -0.2) is 4.79 Å². The van der Waals surface area contributed by atoms with Gasteiger partial charge in [0.1, 0.15) is 11.9 Å². The molecule has 0 spiro atoms. The van der Waals surface area contributed by atoms with Crippen molar-refractivity contribution in [2.45, 2.75) is 63.4 Å². The van der Waals surface area contributed by atoms with E-state index < -0.39 is 5.92 Å². The Kier molecular flexibility index (Phi) is 6.22. The van der Waals surface area contributed by atoms with Crippen LogP contribution in [0.5, 0.6) is 5.75 Å². The fraction of sp³-hybridized carbons (Fsp3) is 0.393. The van der Waals surface area contributed by atoms with Crippen LogP contribution in [-0.2, 0) is 14.3 Å². The predicted molar refractivity (Wildman–Crippen MR) is 128 cm³/mol. The van der Waals surface area contributed by atoms with E-state index in [2.05, 4.69) is 10.3 Å². The lowest BCUT2D eigenvalue weighted by Gasteiger charge is -2.36. The maximum atomic E-state index is 13.6. The van der Waals surface area contributed by atoms with Gasteiger partial charge in [0.2, 0.25) is 0 Å². The number of pyridine rings is 1. The van der Waals surface area contributed by atoms with Crippen molar-refractivity contribution in [3.63, 3.8) is 0 Å². The van der Waals surface area contributed by atoms with Crippen molar-refractivity contribution in [2.75, 3.05) is 7.11 Å². The van der Waals surface area contributed by atoms with Gasteiger partial charge in [-0.05, 0) is 74.3 Å². The minimum atomic E-state index is -0.469. The van der Waals surface area contributed by atoms with Crippen LogP contribution in [0.2, 0.25) is 0 Å². The number of methoxy groups -OCH3 is 1. The molecule has 6 nitrogen and oxygen atoms in total. The number of ketones is 1. The lowest BCUT2D eigenvalue weighted by molar-refractivity contribution is -0.144. The molecule has 1 aromatic carbocycles. The smallest absolute Gasteiger partial charge is 0.337 e. The van der Waals surface area contributed by atoms with Crippen molar-refractivity contribution in [1.29, 1.82) is 0 Å². The summed E-state index contributed by atoms with van der Waals surface area (Å²) in [5.41, 5.74) is 4.77. The average Bonchev–Trinajstić information content (AvgIpc) is 3.36. The highest BCUT2D eigenvalue weighted by atomic mass is 16.5. The number of allylic oxidation sites excluding steroid dienone is 3. The molecular weight excluding hydrogens is 428 g/mol. The van der Waals surface area contributed by atoms with E-state index in [0.29, 0.717) is 24.0 Å². The lowest BCUT2D eigenvalue weighted by Crippen LogP contribution is -2.36. The fourth-order valence-electron chi connectivity index (χ4n) is 5.52. The molecule has 1 aromatic heterocycles. The summed E-state index contributed by atoms with van der Waals surface area (Å²) in [7, 11) is 1.64. The summed E-state index contributed by atoms with van der Waals surface area (Å²) in [5.74, 6) is 0.119. The van der Waals surface area contributed by atoms with E-state index in [1.54, 1.807) is 19.5 Å². The highest BCUT2D eigenvalue weighted by Crippen LogP contribution is 2.46. The normalized spacial score (nSPS) is 22.9. The standard InChI is InChI=1S/C28H30N2O4/c1-17-25(28(32)34-22-7-3-4-8-22)26(19-6-5-13-29-16-19)27-23(30-17)14-20(15-24(27)31)18-9-11-21(33-2)12-10-18/h5-6,9-13,16,20,22,26,30H,3-4,7-8,14-15H2,1-2H3/t20-,26+/m1/s1. The van der Waals surface area contributed by atoms with E-state index in [1.165, 1.54) is 0 Å². The van der Waals surface area contributed by atoms with E-state index in [1.807, 2.05) is 43.3 Å². The molecule has 5 rings (SSSR count). The van der Waals surface area contributed by atoms with Gasteiger partial charge in [0.25, 0.3) is 0 Å². The summed E-state index contributed by atoms with van der Waals surface area (Å²) in [6.07, 6.45) is 8.48. The largest absolute Gasteiger partial charge is 0.497 e. The van der Waals surface area contributed by atoms with Crippen LogP contribution in [-0.4, -0.2) is 30.0 Å². The van der Waals surface area contributed by atoms with Gasteiger partial charge >= 0.3 is 5.97 Å². The molecule has 0 bridgehead atoms. The van der Waals surface area contributed by atoms with Crippen LogP contribution in [0.4, 0.5) is 0 Å². The predicted octanol–water partition coefficient (Wildman–Crippen LogP) is 4.94. The second-order valence-electron chi connectivity index (χ2n) is 9.39. The number of Topliss-reactive ketones (excluding diaryl/α,β-unsaturated/α-hetero) is 1. The third-order valence-corrected chi connectivity index (χ3v) is 7.23. The van der Waals surface area contributed by atoms with Crippen molar-refractivity contribution in [1.82, 2.24) is 10.3 Å². The zero-order valence-electron chi connectivity index (χ0n) is 19.7. The monoisotopic (exact) mass is 458 g/mol. The molecule has 2 aliphatic carbocycles. The van der Waals surface area contributed by atoms with Gasteiger partial charge in [-0.2, -0.15) is 0 Å². The number of hydrogen-bond acceptors (Lipinski definition) is 6. The molecular formula is C28H30N2O4. The first-order valence-corrected chi connectivity index (χ1v) is 12.0. The molecule has 0 radical (unpaired) electrons. The molecule has 6 heteroatoms. The second-order valence-corrected chi connectivity index (χ2v) is 9.39. The Labute approximate surface area is 200 Å². The molecule has 176 valence electrons. The summed E-state index contributed by atoms with van der Waals surface area (Å²) in [6, 6.07) is 11.7. The van der Waals surface area contributed by atoms with Gasteiger partial charge < -0.3 is 14.8 Å². The number of hydrogen-bond donors (Lipinski definition) is 1. The van der Waals surface area contributed by atoms with Crippen molar-refractivity contribution in [3.8, 4) is 5.75 Å². The highest BCUT2D eigenvalue weighted by molar-refractivity contribution is 6.04. The Morgan fingerprint density at radius 3 is 2.50 bits per heavy atom. The van der Waals surface area contributed by atoms with Gasteiger partial charge in [-0.1, -0.05) is 18.2 Å². The lowest BCUT2D eigenvalue weighted by atomic mass is 9.72. The summed E-state index contributed by atoms with van der Waals surface area (Å²) < 4.78 is 11.2. The average molecular weight is 459 g/mol. The molecule has 1 saturated carbocycles. The molecule has 2 aromatic rings. The number of aromatic nitrogens is 1. The van der Waals surface area contributed by atoms with Crippen molar-refractivity contribution in [3.05, 3.63) is 82.5 Å². The zero-order chi connectivity index (χ0) is 23.7. The Morgan fingerprint density at radius 2 is 1.82 bits per heavy atom. The first kappa shape index (κ1) is 22.4. The second kappa shape index (κ2) is 9.45. The van der Waals surface area contributed by atoms with Crippen LogP contribution in [0.3, 0.4) is 0 Å². The number of ether oxygens (including phenoxy) is 2. The number of carbonyl (C=O) groups is 2. The summed E-state index contributed by atoms with van der Waals surface area (Å²) in [6.45, 7) is 1.90. The third kappa shape index (κ3) is 4.25. The van der Waals surface area contributed by atoms with Crippen molar-refractivity contribution in [2.24, 2.45) is 0 Å². The van der Waals surface area contributed by atoms with Crippen LogP contribution >= 0.6 is 0 Å². The highest BCUT2D eigenvalue weighted by Gasteiger charge is 2.42. The minimum absolute atomic E-state index is 0.0424. The van der Waals surface area contributed by atoms with E-state index >= 15 is 0 Å². The Balaban J connectivity index is 1.50. The molecule has 2 heterocycles. The SMILES string of the molecule is COc1ccc([C@H]2CC(=O)C3=C(C2)NC(C)=C(C(=O)OC2CCCC2)[C@@H]3c2cccnc2)cc1. The molecule has 1 aliphatic heterocycles. The Morgan fingerprint density at radius 1 is 1.06 bits per heavy atom. The molecule has 34 heavy (non-hydrogen) atoms. The summed E-state index contributed by atoms with van der Waals surface area (Å²) in [5, 5.41) is 3.42. The van der Waals surface area contributed by atoms with E-state index in [0.717, 1.165) is 54.0 Å². The van der Waals surface area contributed by atoms with E-state index in [-0.39, 0.29) is 23.8 Å². The first-order valence-electron chi connectivity index (χ1n) is 12.0. The fourth-order valence-corrected chi connectivity index (χ4v) is 5.52. The minimum Gasteiger partial charge on any atom is -0.497 e. The topological polar surface area (TPSA) is 77.5 Å². The summed E-state index contributed by atoms with van der Waals surface area (Å²) >= 11 is 0. The maximum Gasteiger partial charge on any atom is 0.337 e. The van der Waals surface area contributed by atoms with Gasteiger partial charge in [0.15, 0.2) is 5.78 Å². The molecule has 3 aliphatic rings. The van der Waals surface area contributed by atoms with Crippen molar-refractivity contribution >= 4 is 11.8 Å². The van der Waals surface area contributed by atoms with Gasteiger partial charge in [-0.3, -0.25) is 9.78 Å². The molecule has 0 saturated heterocycles. The number of nitrogens with one attached hydrogen (secondary N) is 1. The zero-order valence-corrected chi connectivity index (χ0v) is 19.7. The van der Waals surface area contributed by atoms with Gasteiger partial charge in [0, 0.05) is 41.7 Å². The Hall–Kier alpha value is -3.41. The number of rotatable bonds is 5. The van der Waals surface area contributed by atoms with Crippen molar-refractivity contribution < 1.29 is 19.1 Å². The van der Waals surface area contributed by atoms with Gasteiger partial charge in [-0.15, -0.1) is 0 Å². The number of dihydropyridines is 1. The molecule has 2 atom stereocenters. The van der Waals surface area contributed by atoms with Crippen LogP contribution in [0.25, 0.3) is 0 Å². The molecule has 0 amide bonds. The van der Waals surface area contributed by atoms with Crippen LogP contribution in [0.1, 0.15) is 68.4 Å². The number of nitrogens with zero attached hydrogens (tertiary/aromatic N) is 1. The molecule has 1 fully saturated rings. The third-order valence-electron chi connectivity index (χ3n) is 7.23. The number of benzene rings is 1. The van der Waals surface area contributed by atoms with E-state index in [4.69, 9.17) is 9.47 Å². The molecule has 0 unspecified atom stereocenters. The van der Waals surface area contributed by atoms with E-state index in [9.17, 15) is 9.59 Å². The summed E-state index contributed by atoms with van der Waals surface area (Å²) in [4.78, 5) is 31.3. The molecule has 1 N–H and O–H groups in total.